The molecule has 0 bridgehead atoms. The maximum Gasteiger partial charge on any atom is 0.0931 e. The Balaban J connectivity index is 2.39. The number of alkyl halides is 1. The highest BCUT2D eigenvalue weighted by Gasteiger charge is 2.16. The van der Waals surface area contributed by atoms with Crippen LogP contribution in [0.1, 0.15) is 21.4 Å². The number of rotatable bonds is 2. The van der Waals surface area contributed by atoms with Gasteiger partial charge in [-0.05, 0) is 40.0 Å². The summed E-state index contributed by atoms with van der Waals surface area (Å²) in [7, 11) is 0. The number of hydrogen-bond acceptors (Lipinski definition) is 1. The van der Waals surface area contributed by atoms with Gasteiger partial charge in [0.1, 0.15) is 0 Å². The highest BCUT2D eigenvalue weighted by molar-refractivity contribution is 9.11. The second-order valence-electron chi connectivity index (χ2n) is 3.49. The zero-order valence-corrected chi connectivity index (χ0v) is 12.4. The molecule has 0 saturated carbocycles. The van der Waals surface area contributed by atoms with Crippen molar-refractivity contribution in [1.29, 1.82) is 0 Å². The lowest BCUT2D eigenvalue weighted by atomic mass is 10.0. The quantitative estimate of drug-likeness (QED) is 0.608. The van der Waals surface area contributed by atoms with E-state index in [4.69, 9.17) is 23.2 Å². The lowest BCUT2D eigenvalue weighted by Gasteiger charge is -2.10. The monoisotopic (exact) mass is 334 g/mol. The maximum atomic E-state index is 6.45. The molecule has 1 atom stereocenters. The van der Waals surface area contributed by atoms with Crippen LogP contribution in [0.15, 0.2) is 34.1 Å². The lowest BCUT2D eigenvalue weighted by molar-refractivity contribution is 1.15. The topological polar surface area (TPSA) is 0 Å². The van der Waals surface area contributed by atoms with Gasteiger partial charge in [-0.2, -0.15) is 0 Å². The molecule has 0 aliphatic heterocycles. The largest absolute Gasteiger partial charge is 0.130 e. The van der Waals surface area contributed by atoms with Crippen LogP contribution in [0.5, 0.6) is 0 Å². The summed E-state index contributed by atoms with van der Waals surface area (Å²) in [5.41, 5.74) is 2.33. The Morgan fingerprint density at radius 1 is 1.31 bits per heavy atom. The molecule has 0 nitrogen and oxygen atoms in total. The first-order chi connectivity index (χ1) is 7.59. The molecule has 0 aliphatic carbocycles. The van der Waals surface area contributed by atoms with Crippen LogP contribution >= 0.6 is 50.5 Å². The molecule has 84 valence electrons. The summed E-state index contributed by atoms with van der Waals surface area (Å²) in [6, 6.07) is 10.0. The summed E-state index contributed by atoms with van der Waals surface area (Å²) < 4.78 is 0.934. The summed E-state index contributed by atoms with van der Waals surface area (Å²) in [5.74, 6) is 0. The van der Waals surface area contributed by atoms with Crippen LogP contribution < -0.4 is 0 Å². The Labute approximate surface area is 117 Å². The lowest BCUT2D eigenvalue weighted by Crippen LogP contribution is -1.93. The van der Waals surface area contributed by atoms with Crippen molar-refractivity contribution in [3.05, 3.63) is 55.1 Å². The molecule has 0 N–H and O–H groups in total. The van der Waals surface area contributed by atoms with Crippen LogP contribution in [0.3, 0.4) is 0 Å². The zero-order chi connectivity index (χ0) is 11.7. The van der Waals surface area contributed by atoms with Crippen molar-refractivity contribution in [2.75, 3.05) is 0 Å². The van der Waals surface area contributed by atoms with Crippen molar-refractivity contribution in [2.45, 2.75) is 12.3 Å². The molecule has 0 aliphatic rings. The molecular weight excluding hydrogens is 327 g/mol. The van der Waals surface area contributed by atoms with Gasteiger partial charge in [0.15, 0.2) is 0 Å². The molecule has 1 aromatic carbocycles. The van der Waals surface area contributed by atoms with Crippen molar-refractivity contribution in [2.24, 2.45) is 0 Å². The van der Waals surface area contributed by atoms with Gasteiger partial charge in [-0.3, -0.25) is 0 Å². The standard InChI is InChI=1S/C12H9BrCl2S/c1-7-4-2-3-5-8(7)11(15)10-6-9(14)12(13)16-10/h2-6,11H,1H3. The zero-order valence-electron chi connectivity index (χ0n) is 8.51. The number of aryl methyl sites for hydroxylation is 1. The molecule has 0 radical (unpaired) electrons. The van der Waals surface area contributed by atoms with Gasteiger partial charge < -0.3 is 0 Å². The van der Waals surface area contributed by atoms with Crippen molar-refractivity contribution in [3.8, 4) is 0 Å². The minimum Gasteiger partial charge on any atom is -0.130 e. The fourth-order valence-electron chi connectivity index (χ4n) is 1.51. The summed E-state index contributed by atoms with van der Waals surface area (Å²) >= 11 is 17.4. The Bertz CT molecular complexity index is 488. The first-order valence-electron chi connectivity index (χ1n) is 4.74. The van der Waals surface area contributed by atoms with Gasteiger partial charge in [0, 0.05) is 4.88 Å². The number of halogens is 3. The normalized spacial score (nSPS) is 12.8. The van der Waals surface area contributed by atoms with E-state index in [1.54, 1.807) is 11.3 Å². The Morgan fingerprint density at radius 2 is 2.00 bits per heavy atom. The molecule has 0 amide bonds. The molecule has 2 aromatic rings. The predicted molar refractivity (Wildman–Crippen MR) is 75.9 cm³/mol. The van der Waals surface area contributed by atoms with Gasteiger partial charge in [0.25, 0.3) is 0 Å². The molecule has 1 unspecified atom stereocenters. The predicted octanol–water partition coefficient (Wildman–Crippen LogP) is 5.80. The highest BCUT2D eigenvalue weighted by Crippen LogP contribution is 2.40. The second-order valence-corrected chi connectivity index (χ2v) is 6.73. The molecule has 0 fully saturated rings. The highest BCUT2D eigenvalue weighted by atomic mass is 79.9. The fourth-order valence-corrected chi connectivity index (χ4v) is 3.70. The first-order valence-corrected chi connectivity index (χ1v) is 7.16. The van der Waals surface area contributed by atoms with Gasteiger partial charge >= 0.3 is 0 Å². The second kappa shape index (κ2) is 5.09. The molecule has 16 heavy (non-hydrogen) atoms. The minimum atomic E-state index is -0.130. The average Bonchev–Trinajstić information content (AvgIpc) is 2.59. The van der Waals surface area contributed by atoms with Crippen LogP contribution in [-0.4, -0.2) is 0 Å². The Morgan fingerprint density at radius 3 is 2.56 bits per heavy atom. The van der Waals surface area contributed by atoms with Crippen LogP contribution in [0.4, 0.5) is 0 Å². The molecular formula is C12H9BrCl2S. The van der Waals surface area contributed by atoms with Crippen LogP contribution in [0.25, 0.3) is 0 Å². The Hall–Kier alpha value is -0.0200. The summed E-state index contributed by atoms with van der Waals surface area (Å²) in [5, 5.41) is 0.592. The van der Waals surface area contributed by atoms with Gasteiger partial charge in [0.05, 0.1) is 14.2 Å². The third-order valence-electron chi connectivity index (χ3n) is 2.38. The third-order valence-corrected chi connectivity index (χ3v) is 5.51. The van der Waals surface area contributed by atoms with E-state index in [0.717, 1.165) is 19.2 Å². The van der Waals surface area contributed by atoms with Gasteiger partial charge in [-0.1, -0.05) is 35.9 Å². The third kappa shape index (κ3) is 2.45. The van der Waals surface area contributed by atoms with E-state index in [2.05, 4.69) is 35.0 Å². The van der Waals surface area contributed by atoms with E-state index in [1.807, 2.05) is 18.2 Å². The van der Waals surface area contributed by atoms with E-state index in [9.17, 15) is 0 Å². The molecule has 4 heteroatoms. The summed E-state index contributed by atoms with van der Waals surface area (Å²) in [4.78, 5) is 1.06. The van der Waals surface area contributed by atoms with Crippen molar-refractivity contribution >= 4 is 50.5 Å². The van der Waals surface area contributed by atoms with Crippen molar-refractivity contribution in [3.63, 3.8) is 0 Å². The van der Waals surface area contributed by atoms with E-state index in [1.165, 1.54) is 5.56 Å². The van der Waals surface area contributed by atoms with Crippen LogP contribution in [-0.2, 0) is 0 Å². The smallest absolute Gasteiger partial charge is 0.0931 e. The molecule has 1 heterocycles. The maximum absolute atomic E-state index is 6.45. The minimum absolute atomic E-state index is 0.130. The van der Waals surface area contributed by atoms with E-state index < -0.39 is 0 Å². The first kappa shape index (κ1) is 12.4. The van der Waals surface area contributed by atoms with Crippen LogP contribution in [0.2, 0.25) is 5.02 Å². The van der Waals surface area contributed by atoms with E-state index >= 15 is 0 Å². The fraction of sp³-hybridized carbons (Fsp3) is 0.167. The molecule has 0 saturated heterocycles. The van der Waals surface area contributed by atoms with Crippen molar-refractivity contribution < 1.29 is 0 Å². The number of benzene rings is 1. The van der Waals surface area contributed by atoms with E-state index in [0.29, 0.717) is 0 Å². The number of thiophene rings is 1. The van der Waals surface area contributed by atoms with Crippen LogP contribution in [0, 0.1) is 6.92 Å². The molecule has 0 spiro atoms. The average molecular weight is 336 g/mol. The number of hydrogen-bond donors (Lipinski definition) is 0. The molecule has 1 aromatic heterocycles. The SMILES string of the molecule is Cc1ccccc1C(Cl)c1cc(Cl)c(Br)s1. The van der Waals surface area contributed by atoms with Crippen molar-refractivity contribution in [1.82, 2.24) is 0 Å². The summed E-state index contributed by atoms with van der Waals surface area (Å²) in [6.45, 7) is 2.06. The Kier molecular flexibility index (Phi) is 3.96. The van der Waals surface area contributed by atoms with Gasteiger partial charge in [0.2, 0.25) is 0 Å². The van der Waals surface area contributed by atoms with Gasteiger partial charge in [-0.25, -0.2) is 0 Å². The van der Waals surface area contributed by atoms with E-state index in [-0.39, 0.29) is 5.38 Å². The molecule has 2 rings (SSSR count). The summed E-state index contributed by atoms with van der Waals surface area (Å²) in [6.07, 6.45) is 0. The van der Waals surface area contributed by atoms with Gasteiger partial charge in [-0.15, -0.1) is 22.9 Å².